The van der Waals surface area contributed by atoms with E-state index in [-0.39, 0.29) is 0 Å². The van der Waals surface area contributed by atoms with Crippen LogP contribution >= 0.6 is 0 Å². The minimum absolute atomic E-state index is 0.656. The van der Waals surface area contributed by atoms with Gasteiger partial charge in [0.05, 0.1) is 32.5 Å². The Kier molecular flexibility index (Phi) is 16.5. The number of carbonyl (C=O) groups is 1. The highest BCUT2D eigenvalue weighted by Crippen LogP contribution is 2.33. The van der Waals surface area contributed by atoms with Crippen LogP contribution in [0.2, 0.25) is 0 Å². The highest BCUT2D eigenvalue weighted by atomic mass is 16.8. The molecular formula is C32H55NO25. The molecule has 25 atom stereocenters. The summed E-state index contributed by atoms with van der Waals surface area (Å²) in [7, 11) is 0. The average molecular weight is 854 g/mol. The Morgan fingerprint density at radius 1 is 0.483 bits per heavy atom. The van der Waals surface area contributed by atoms with E-state index in [0.717, 1.165) is 6.92 Å². The SMILES string of the molecule is CC(=O)N[C@@H]1[C@@H](O[C@H]2O[C@H](CO)[C@H](O[C@H]3O[C@H](CO[C@@H]4O[C@@H](C)[C@H](O)[C@@H](O)[C@H]4O)[C@@H](O)[C@H](O)[C@H]3O)[C@H](O)[C@H]2O)[C@H](O)[C@@H](CO[C@H]2O[C@H](CO)[C@@H](O)[C@H](O)[C@H]2O)O[C@@H]1O. The van der Waals surface area contributed by atoms with Gasteiger partial charge < -0.3 is 125 Å². The van der Waals surface area contributed by atoms with Crippen LogP contribution < -0.4 is 5.32 Å². The van der Waals surface area contributed by atoms with Crippen molar-refractivity contribution in [3.8, 4) is 0 Å². The van der Waals surface area contributed by atoms with Crippen LogP contribution in [0.4, 0.5) is 0 Å². The predicted molar refractivity (Wildman–Crippen MR) is 177 cm³/mol. The van der Waals surface area contributed by atoms with Gasteiger partial charge in [-0.3, -0.25) is 4.79 Å². The Bertz CT molecular complexity index is 1300. The summed E-state index contributed by atoms with van der Waals surface area (Å²) in [6, 6.07) is -1.58. The fourth-order valence-electron chi connectivity index (χ4n) is 7.17. The van der Waals surface area contributed by atoms with E-state index in [9.17, 15) is 81.4 Å². The molecule has 0 aromatic heterocycles. The molecule has 5 fully saturated rings. The van der Waals surface area contributed by atoms with Gasteiger partial charge in [-0.05, 0) is 6.92 Å². The normalized spacial score (nSPS) is 51.6. The van der Waals surface area contributed by atoms with E-state index in [1.54, 1.807) is 0 Å². The number of carbonyl (C=O) groups excluding carboxylic acids is 1. The molecule has 0 aromatic carbocycles. The van der Waals surface area contributed by atoms with Crippen molar-refractivity contribution in [3.05, 3.63) is 0 Å². The zero-order valence-electron chi connectivity index (χ0n) is 31.1. The lowest BCUT2D eigenvalue weighted by molar-refractivity contribution is -0.376. The maximum Gasteiger partial charge on any atom is 0.217 e. The van der Waals surface area contributed by atoms with E-state index >= 15 is 0 Å². The molecule has 26 nitrogen and oxygen atoms in total. The monoisotopic (exact) mass is 853 g/mol. The summed E-state index contributed by atoms with van der Waals surface area (Å²) in [6.45, 7) is -0.661. The zero-order valence-corrected chi connectivity index (χ0v) is 31.1. The first-order valence-corrected chi connectivity index (χ1v) is 18.5. The molecule has 0 radical (unpaired) electrons. The maximum atomic E-state index is 12.1. The van der Waals surface area contributed by atoms with Crippen molar-refractivity contribution in [1.29, 1.82) is 0 Å². The van der Waals surface area contributed by atoms with Crippen molar-refractivity contribution >= 4 is 5.91 Å². The summed E-state index contributed by atoms with van der Waals surface area (Å²) < 4.78 is 49.6. The summed E-state index contributed by atoms with van der Waals surface area (Å²) in [5.41, 5.74) is 0. The van der Waals surface area contributed by atoms with Crippen LogP contribution in [0, 0.1) is 0 Å². The molecule has 0 bridgehead atoms. The number of hydrogen-bond acceptors (Lipinski definition) is 25. The Labute approximate surface area is 329 Å². The Morgan fingerprint density at radius 3 is 1.47 bits per heavy atom. The van der Waals surface area contributed by atoms with Crippen LogP contribution in [-0.2, 0) is 47.4 Å². The molecule has 1 amide bonds. The number of hydrogen-bond donors (Lipinski definition) is 16. The smallest absolute Gasteiger partial charge is 0.217 e. The molecule has 5 saturated heterocycles. The first kappa shape index (κ1) is 47.6. The van der Waals surface area contributed by atoms with Crippen LogP contribution in [0.3, 0.4) is 0 Å². The van der Waals surface area contributed by atoms with Crippen molar-refractivity contribution < 1.29 is 124 Å². The number of nitrogens with one attached hydrogen (secondary N) is 1. The third-order valence-corrected chi connectivity index (χ3v) is 10.6. The third-order valence-electron chi connectivity index (χ3n) is 10.6. The molecule has 5 aliphatic heterocycles. The number of rotatable bonds is 13. The van der Waals surface area contributed by atoms with Crippen molar-refractivity contribution in [1.82, 2.24) is 5.32 Å². The first-order chi connectivity index (χ1) is 27.3. The third kappa shape index (κ3) is 10.1. The van der Waals surface area contributed by atoms with E-state index in [2.05, 4.69) is 5.32 Å². The fraction of sp³-hybridized carbons (Fsp3) is 0.969. The topological polar surface area (TPSA) is 416 Å². The van der Waals surface area contributed by atoms with E-state index in [1.807, 2.05) is 0 Å². The van der Waals surface area contributed by atoms with Crippen LogP contribution in [0.1, 0.15) is 13.8 Å². The molecule has 16 N–H and O–H groups in total. The van der Waals surface area contributed by atoms with Gasteiger partial charge in [0.25, 0.3) is 0 Å². The standard InChI is InChI=1S/C32H55NO25/c1-7-14(37)18(41)22(45)29(52-7)50-5-11-16(39)20(43)24(47)31(56-11)57-26-10(4-35)55-32(25(48)21(26)44)58-27-13(33-8(2)36)28(49)53-12(17(27)40)6-51-30-23(46)19(42)15(38)9(3-34)54-30/h7,9-32,34-35,37-49H,3-6H2,1-2H3,(H,33,36)/t7-,9+,10+,11+,12+,13+,14-,15+,16+,17+,18+,19-,20-,21+,22+,23+,24+,25+,26-,27+,28-,29+,30-,31+,32+/m0/s1. The molecular weight excluding hydrogens is 798 g/mol. The van der Waals surface area contributed by atoms with Gasteiger partial charge in [0.2, 0.25) is 5.91 Å². The van der Waals surface area contributed by atoms with Gasteiger partial charge in [-0.2, -0.15) is 0 Å². The zero-order chi connectivity index (χ0) is 42.9. The predicted octanol–water partition coefficient (Wildman–Crippen LogP) is -10.8. The second-order valence-electron chi connectivity index (χ2n) is 14.8. The van der Waals surface area contributed by atoms with Gasteiger partial charge in [-0.25, -0.2) is 0 Å². The van der Waals surface area contributed by atoms with Gasteiger partial charge in [0.1, 0.15) is 116 Å². The van der Waals surface area contributed by atoms with Gasteiger partial charge >= 0.3 is 0 Å². The van der Waals surface area contributed by atoms with Gasteiger partial charge in [0, 0.05) is 6.92 Å². The van der Waals surface area contributed by atoms with E-state index in [4.69, 9.17) is 42.6 Å². The maximum absolute atomic E-state index is 12.1. The summed E-state index contributed by atoms with van der Waals surface area (Å²) in [5, 5.41) is 159. The molecule has 0 spiro atoms. The molecule has 0 aliphatic carbocycles. The summed E-state index contributed by atoms with van der Waals surface area (Å²) in [5.74, 6) is -0.744. The van der Waals surface area contributed by atoms with Gasteiger partial charge in [-0.15, -0.1) is 0 Å². The largest absolute Gasteiger partial charge is 0.394 e. The van der Waals surface area contributed by atoms with Crippen molar-refractivity contribution in [2.24, 2.45) is 0 Å². The quantitative estimate of drug-likeness (QED) is 0.0818. The molecule has 5 rings (SSSR count). The highest BCUT2D eigenvalue weighted by Gasteiger charge is 2.55. The molecule has 5 heterocycles. The summed E-state index contributed by atoms with van der Waals surface area (Å²) in [6.07, 6.45) is -41.7. The van der Waals surface area contributed by atoms with Crippen LogP contribution in [0.5, 0.6) is 0 Å². The van der Waals surface area contributed by atoms with Crippen molar-refractivity contribution in [2.45, 2.75) is 167 Å². The number of ether oxygens (including phenoxy) is 9. The van der Waals surface area contributed by atoms with Gasteiger partial charge in [-0.1, -0.05) is 0 Å². The number of amides is 1. The Balaban J connectivity index is 1.25. The molecule has 5 aliphatic rings. The van der Waals surface area contributed by atoms with E-state index in [0.29, 0.717) is 0 Å². The van der Waals surface area contributed by atoms with E-state index < -0.39 is 186 Å². The number of aliphatic hydroxyl groups is 15. The van der Waals surface area contributed by atoms with Crippen molar-refractivity contribution in [3.63, 3.8) is 0 Å². The first-order valence-electron chi connectivity index (χ1n) is 18.5. The molecule has 338 valence electrons. The van der Waals surface area contributed by atoms with Crippen LogP contribution in [-0.4, -0.2) is 262 Å². The lowest BCUT2D eigenvalue weighted by atomic mass is 9.95. The Morgan fingerprint density at radius 2 is 0.914 bits per heavy atom. The van der Waals surface area contributed by atoms with Crippen molar-refractivity contribution in [2.75, 3.05) is 26.4 Å². The lowest BCUT2D eigenvalue weighted by Crippen LogP contribution is -2.68. The summed E-state index contributed by atoms with van der Waals surface area (Å²) >= 11 is 0. The minimum atomic E-state index is -2.12. The Hall–Kier alpha value is -1.49. The molecule has 58 heavy (non-hydrogen) atoms. The van der Waals surface area contributed by atoms with Crippen LogP contribution in [0.25, 0.3) is 0 Å². The number of aliphatic hydroxyl groups excluding tert-OH is 15. The second-order valence-corrected chi connectivity index (χ2v) is 14.8. The molecule has 26 heteroatoms. The second kappa shape index (κ2) is 20.1. The fourth-order valence-corrected chi connectivity index (χ4v) is 7.17. The minimum Gasteiger partial charge on any atom is -0.394 e. The molecule has 0 unspecified atom stereocenters. The highest BCUT2D eigenvalue weighted by molar-refractivity contribution is 5.73. The summed E-state index contributed by atoms with van der Waals surface area (Å²) in [4.78, 5) is 12.1. The van der Waals surface area contributed by atoms with Crippen LogP contribution in [0.15, 0.2) is 0 Å². The molecule has 0 aromatic rings. The lowest BCUT2D eigenvalue weighted by Gasteiger charge is -2.48. The molecule has 0 saturated carbocycles. The average Bonchev–Trinajstić information content (AvgIpc) is 3.19. The van der Waals surface area contributed by atoms with Gasteiger partial charge in [0.15, 0.2) is 31.5 Å². The van der Waals surface area contributed by atoms with E-state index in [1.165, 1.54) is 6.92 Å².